The minimum Gasteiger partial charge on any atom is -0.322 e. The number of pyridine rings is 1. The van der Waals surface area contributed by atoms with Gasteiger partial charge in [-0.05, 0) is 37.1 Å². The lowest BCUT2D eigenvalue weighted by molar-refractivity contribution is 0.102. The third kappa shape index (κ3) is 4.04. The molecule has 3 aromatic rings. The second-order valence-electron chi connectivity index (χ2n) is 6.14. The first-order valence-corrected chi connectivity index (χ1v) is 8.16. The molecule has 0 aliphatic heterocycles. The molecular formula is C21H20N2O2. The molecule has 3 rings (SSSR count). The Hall–Kier alpha value is -3.14. The van der Waals surface area contributed by atoms with Crippen LogP contribution in [0, 0.1) is 13.8 Å². The highest BCUT2D eigenvalue weighted by atomic mass is 16.2. The Morgan fingerprint density at radius 3 is 2.40 bits per heavy atom. The summed E-state index contributed by atoms with van der Waals surface area (Å²) in [7, 11) is 0. The number of aromatic nitrogens is 1. The second-order valence-corrected chi connectivity index (χ2v) is 6.14. The first-order chi connectivity index (χ1) is 12.0. The molecule has 126 valence electrons. The van der Waals surface area contributed by atoms with Crippen molar-refractivity contribution in [2.45, 2.75) is 20.4 Å². The summed E-state index contributed by atoms with van der Waals surface area (Å²) in [6, 6.07) is 18.6. The number of anilines is 1. The zero-order valence-corrected chi connectivity index (χ0v) is 14.3. The normalized spacial score (nSPS) is 10.5. The van der Waals surface area contributed by atoms with Gasteiger partial charge in [0, 0.05) is 18.0 Å². The van der Waals surface area contributed by atoms with Crippen LogP contribution in [-0.2, 0) is 6.54 Å². The number of benzene rings is 2. The molecule has 0 radical (unpaired) electrons. The fourth-order valence-electron chi connectivity index (χ4n) is 2.59. The molecule has 0 aliphatic carbocycles. The van der Waals surface area contributed by atoms with Gasteiger partial charge in [0.05, 0.1) is 12.1 Å². The number of amides is 1. The second kappa shape index (κ2) is 7.18. The van der Waals surface area contributed by atoms with E-state index in [1.165, 1.54) is 11.6 Å². The van der Waals surface area contributed by atoms with Gasteiger partial charge < -0.3 is 9.88 Å². The number of hydrogen-bond donors (Lipinski definition) is 1. The number of carbonyl (C=O) groups excluding carboxylic acids is 1. The van der Waals surface area contributed by atoms with Crippen LogP contribution in [0.15, 0.2) is 71.7 Å². The predicted molar refractivity (Wildman–Crippen MR) is 100 cm³/mol. The van der Waals surface area contributed by atoms with Gasteiger partial charge in [-0.15, -0.1) is 0 Å². The van der Waals surface area contributed by atoms with Gasteiger partial charge in [-0.2, -0.15) is 0 Å². The van der Waals surface area contributed by atoms with Gasteiger partial charge in [0.2, 0.25) is 0 Å². The summed E-state index contributed by atoms with van der Waals surface area (Å²) in [6.45, 7) is 4.39. The van der Waals surface area contributed by atoms with E-state index in [9.17, 15) is 9.59 Å². The van der Waals surface area contributed by atoms with Crippen LogP contribution in [0.2, 0.25) is 0 Å². The van der Waals surface area contributed by atoms with Crippen molar-refractivity contribution in [3.8, 4) is 0 Å². The lowest BCUT2D eigenvalue weighted by Crippen LogP contribution is -2.22. The Balaban J connectivity index is 1.83. The zero-order valence-electron chi connectivity index (χ0n) is 14.3. The van der Waals surface area contributed by atoms with Crippen molar-refractivity contribution in [2.24, 2.45) is 0 Å². The van der Waals surface area contributed by atoms with Gasteiger partial charge in [0.1, 0.15) is 0 Å². The van der Waals surface area contributed by atoms with Crippen molar-refractivity contribution < 1.29 is 4.79 Å². The van der Waals surface area contributed by atoms with E-state index in [4.69, 9.17) is 0 Å². The van der Waals surface area contributed by atoms with E-state index in [0.717, 1.165) is 16.8 Å². The Bertz CT molecular complexity index is 956. The Kier molecular flexibility index (Phi) is 4.80. The maximum absolute atomic E-state index is 12.5. The number of hydrogen-bond acceptors (Lipinski definition) is 2. The van der Waals surface area contributed by atoms with Gasteiger partial charge in [0.15, 0.2) is 0 Å². The smallest absolute Gasteiger partial charge is 0.257 e. The van der Waals surface area contributed by atoms with E-state index in [2.05, 4.69) is 5.32 Å². The SMILES string of the molecule is Cc1ccc(Cn2cc(C(=O)Nc3ccccc3C)ccc2=O)cc1. The lowest BCUT2D eigenvalue weighted by Gasteiger charge is -2.11. The molecular weight excluding hydrogens is 312 g/mol. The van der Waals surface area contributed by atoms with E-state index in [1.807, 2.05) is 62.4 Å². The summed E-state index contributed by atoms with van der Waals surface area (Å²) >= 11 is 0. The Morgan fingerprint density at radius 1 is 0.960 bits per heavy atom. The van der Waals surface area contributed by atoms with Gasteiger partial charge >= 0.3 is 0 Å². The fourth-order valence-corrected chi connectivity index (χ4v) is 2.59. The molecule has 0 saturated heterocycles. The van der Waals surface area contributed by atoms with Gasteiger partial charge in [-0.3, -0.25) is 9.59 Å². The van der Waals surface area contributed by atoms with Crippen molar-refractivity contribution in [3.63, 3.8) is 0 Å². The molecule has 0 fully saturated rings. The van der Waals surface area contributed by atoms with Crippen molar-refractivity contribution in [3.05, 3.63) is 99.5 Å². The number of carbonyl (C=O) groups is 1. The van der Waals surface area contributed by atoms with Crippen molar-refractivity contribution in [1.29, 1.82) is 0 Å². The Labute approximate surface area is 146 Å². The lowest BCUT2D eigenvalue weighted by atomic mass is 10.1. The highest BCUT2D eigenvalue weighted by Crippen LogP contribution is 2.14. The van der Waals surface area contributed by atoms with Crippen LogP contribution in [-0.4, -0.2) is 10.5 Å². The number of aryl methyl sites for hydroxylation is 2. The average molecular weight is 332 g/mol. The zero-order chi connectivity index (χ0) is 17.8. The van der Waals surface area contributed by atoms with Crippen LogP contribution in [0.3, 0.4) is 0 Å². The molecule has 25 heavy (non-hydrogen) atoms. The van der Waals surface area contributed by atoms with Gasteiger partial charge in [-0.1, -0.05) is 48.0 Å². The van der Waals surface area contributed by atoms with Crippen LogP contribution in [0.4, 0.5) is 5.69 Å². The summed E-state index contributed by atoms with van der Waals surface area (Å²) in [4.78, 5) is 24.6. The van der Waals surface area contributed by atoms with E-state index in [-0.39, 0.29) is 11.5 Å². The molecule has 4 nitrogen and oxygen atoms in total. The van der Waals surface area contributed by atoms with Crippen LogP contribution in [0.1, 0.15) is 27.0 Å². The maximum atomic E-state index is 12.5. The van der Waals surface area contributed by atoms with E-state index < -0.39 is 0 Å². The average Bonchev–Trinajstić information content (AvgIpc) is 2.60. The van der Waals surface area contributed by atoms with Crippen LogP contribution in [0.5, 0.6) is 0 Å². The number of para-hydroxylation sites is 1. The highest BCUT2D eigenvalue weighted by molar-refractivity contribution is 6.04. The van der Waals surface area contributed by atoms with Crippen molar-refractivity contribution >= 4 is 11.6 Å². The van der Waals surface area contributed by atoms with Crippen LogP contribution in [0.25, 0.3) is 0 Å². The molecule has 1 heterocycles. The molecule has 0 saturated carbocycles. The van der Waals surface area contributed by atoms with Crippen LogP contribution < -0.4 is 10.9 Å². The quantitative estimate of drug-likeness (QED) is 0.791. The van der Waals surface area contributed by atoms with Gasteiger partial charge in [0.25, 0.3) is 11.5 Å². The molecule has 4 heteroatoms. The van der Waals surface area contributed by atoms with E-state index in [0.29, 0.717) is 12.1 Å². The summed E-state index contributed by atoms with van der Waals surface area (Å²) < 4.78 is 1.55. The number of nitrogens with one attached hydrogen (secondary N) is 1. The standard InChI is InChI=1S/C21H20N2O2/c1-15-7-9-17(10-8-15)13-23-14-18(11-12-20(23)24)21(25)22-19-6-4-3-5-16(19)2/h3-12,14H,13H2,1-2H3,(H,22,25). The summed E-state index contributed by atoms with van der Waals surface area (Å²) in [5, 5.41) is 2.89. The molecule has 0 bridgehead atoms. The number of rotatable bonds is 4. The maximum Gasteiger partial charge on any atom is 0.257 e. The first-order valence-electron chi connectivity index (χ1n) is 8.16. The van der Waals surface area contributed by atoms with Gasteiger partial charge in [-0.25, -0.2) is 0 Å². The third-order valence-electron chi connectivity index (χ3n) is 4.11. The summed E-state index contributed by atoms with van der Waals surface area (Å²) in [5.41, 5.74) is 4.27. The van der Waals surface area contributed by atoms with Crippen molar-refractivity contribution in [1.82, 2.24) is 4.57 Å². The summed E-state index contributed by atoms with van der Waals surface area (Å²) in [6.07, 6.45) is 1.61. The molecule has 2 aromatic carbocycles. The monoisotopic (exact) mass is 332 g/mol. The predicted octanol–water partition coefficient (Wildman–Crippen LogP) is 3.77. The summed E-state index contributed by atoms with van der Waals surface area (Å²) in [5.74, 6) is -0.230. The van der Waals surface area contributed by atoms with E-state index >= 15 is 0 Å². The molecule has 1 N–H and O–H groups in total. The molecule has 0 spiro atoms. The van der Waals surface area contributed by atoms with Crippen LogP contribution >= 0.6 is 0 Å². The number of nitrogens with zero attached hydrogens (tertiary/aromatic N) is 1. The molecule has 1 aromatic heterocycles. The Morgan fingerprint density at radius 2 is 1.68 bits per heavy atom. The van der Waals surface area contributed by atoms with E-state index in [1.54, 1.807) is 16.8 Å². The minimum atomic E-state index is -0.230. The molecule has 1 amide bonds. The first kappa shape index (κ1) is 16.7. The fraction of sp³-hybridized carbons (Fsp3) is 0.143. The largest absolute Gasteiger partial charge is 0.322 e. The topological polar surface area (TPSA) is 51.1 Å². The van der Waals surface area contributed by atoms with Crippen molar-refractivity contribution in [2.75, 3.05) is 5.32 Å². The molecule has 0 unspecified atom stereocenters. The minimum absolute atomic E-state index is 0.131. The highest BCUT2D eigenvalue weighted by Gasteiger charge is 2.09. The molecule has 0 atom stereocenters. The molecule has 0 aliphatic rings. The third-order valence-corrected chi connectivity index (χ3v) is 4.11.